The summed E-state index contributed by atoms with van der Waals surface area (Å²) in [4.78, 5) is 25.9. The molecular weight excluding hydrogens is 412 g/mol. The van der Waals surface area contributed by atoms with Gasteiger partial charge in [0.2, 0.25) is 0 Å². The first-order valence-electron chi connectivity index (χ1n) is 9.03. The summed E-state index contributed by atoms with van der Waals surface area (Å²) < 4.78 is 11.4. The van der Waals surface area contributed by atoms with Crippen LogP contribution in [-0.4, -0.2) is 37.3 Å². The van der Waals surface area contributed by atoms with Crippen LogP contribution in [0.25, 0.3) is 0 Å². The SMILES string of the molecule is COc1cc(OC)c(/C=N\N2C(=O)[C@@H]3[C@H](C2=O)[C@H]2C=C[C@H]3C23CC3)cc1Br. The molecule has 2 bridgehead atoms. The molecule has 1 aliphatic heterocycles. The second-order valence-electron chi connectivity index (χ2n) is 7.68. The highest BCUT2D eigenvalue weighted by atomic mass is 79.9. The number of benzene rings is 1. The third kappa shape index (κ3) is 2.15. The van der Waals surface area contributed by atoms with Gasteiger partial charge in [-0.3, -0.25) is 9.59 Å². The lowest BCUT2D eigenvalue weighted by Crippen LogP contribution is -2.30. The Hall–Kier alpha value is -2.15. The number of carbonyl (C=O) groups excluding carboxylic acids is 2. The summed E-state index contributed by atoms with van der Waals surface area (Å²) in [5.74, 6) is 0.767. The molecule has 0 aromatic heterocycles. The van der Waals surface area contributed by atoms with Gasteiger partial charge in [0.15, 0.2) is 0 Å². The van der Waals surface area contributed by atoms with Gasteiger partial charge in [-0.2, -0.15) is 10.1 Å². The van der Waals surface area contributed by atoms with E-state index in [2.05, 4.69) is 33.2 Å². The van der Waals surface area contributed by atoms with Crippen LogP contribution in [0.5, 0.6) is 11.5 Å². The Morgan fingerprint density at radius 1 is 1.07 bits per heavy atom. The van der Waals surface area contributed by atoms with Crippen molar-refractivity contribution in [3.05, 3.63) is 34.3 Å². The van der Waals surface area contributed by atoms with E-state index >= 15 is 0 Å². The summed E-state index contributed by atoms with van der Waals surface area (Å²) >= 11 is 3.43. The van der Waals surface area contributed by atoms with E-state index in [0.717, 1.165) is 22.3 Å². The Balaban J connectivity index is 1.44. The summed E-state index contributed by atoms with van der Waals surface area (Å²) in [6, 6.07) is 3.52. The molecule has 1 saturated heterocycles. The summed E-state index contributed by atoms with van der Waals surface area (Å²) in [5, 5.41) is 5.31. The molecule has 1 spiro atoms. The molecule has 2 amide bonds. The van der Waals surface area contributed by atoms with Gasteiger partial charge in [-0.15, -0.1) is 0 Å². The van der Waals surface area contributed by atoms with Crippen LogP contribution in [0.3, 0.4) is 0 Å². The number of hydrogen-bond acceptors (Lipinski definition) is 5. The predicted molar refractivity (Wildman–Crippen MR) is 101 cm³/mol. The van der Waals surface area contributed by atoms with E-state index in [1.165, 1.54) is 6.21 Å². The lowest BCUT2D eigenvalue weighted by molar-refractivity contribution is -0.141. The Morgan fingerprint density at radius 2 is 1.67 bits per heavy atom. The molecule has 6 nitrogen and oxygen atoms in total. The minimum absolute atomic E-state index is 0.170. The Kier molecular flexibility index (Phi) is 3.57. The monoisotopic (exact) mass is 430 g/mol. The zero-order chi connectivity index (χ0) is 18.9. The minimum atomic E-state index is -0.239. The number of methoxy groups -OCH3 is 2. The highest BCUT2D eigenvalue weighted by Crippen LogP contribution is 2.73. The normalized spacial score (nSPS) is 32.0. The number of rotatable bonds is 4. The molecule has 0 N–H and O–H groups in total. The number of carbonyl (C=O) groups is 2. The van der Waals surface area contributed by atoms with Gasteiger partial charge in [0.1, 0.15) is 11.5 Å². The largest absolute Gasteiger partial charge is 0.496 e. The van der Waals surface area contributed by atoms with Crippen LogP contribution >= 0.6 is 15.9 Å². The fraction of sp³-hybridized carbons (Fsp3) is 0.450. The number of ether oxygens (including phenoxy) is 2. The van der Waals surface area contributed by atoms with E-state index in [-0.39, 0.29) is 40.9 Å². The van der Waals surface area contributed by atoms with Crippen molar-refractivity contribution in [2.24, 2.45) is 34.2 Å². The molecule has 2 saturated carbocycles. The second kappa shape index (κ2) is 5.67. The zero-order valence-corrected chi connectivity index (χ0v) is 16.6. The van der Waals surface area contributed by atoms with Crippen LogP contribution in [0, 0.1) is 29.1 Å². The smallest absolute Gasteiger partial charge is 0.254 e. The van der Waals surface area contributed by atoms with Crippen molar-refractivity contribution < 1.29 is 19.1 Å². The van der Waals surface area contributed by atoms with Crippen LogP contribution in [0.1, 0.15) is 18.4 Å². The van der Waals surface area contributed by atoms with Crippen LogP contribution in [0.2, 0.25) is 0 Å². The molecule has 5 rings (SSSR count). The van der Waals surface area contributed by atoms with E-state index < -0.39 is 0 Å². The maximum absolute atomic E-state index is 12.9. The summed E-state index contributed by atoms with van der Waals surface area (Å²) in [5.41, 5.74) is 0.850. The molecule has 1 heterocycles. The molecule has 4 aliphatic rings. The van der Waals surface area contributed by atoms with Crippen molar-refractivity contribution in [3.63, 3.8) is 0 Å². The van der Waals surface area contributed by atoms with Crippen molar-refractivity contribution in [2.45, 2.75) is 12.8 Å². The van der Waals surface area contributed by atoms with E-state index in [9.17, 15) is 9.59 Å². The number of hydrogen-bond donors (Lipinski definition) is 0. The van der Waals surface area contributed by atoms with Gasteiger partial charge in [-0.1, -0.05) is 12.2 Å². The first-order chi connectivity index (χ1) is 13.0. The van der Waals surface area contributed by atoms with Crippen LogP contribution in [0.15, 0.2) is 33.9 Å². The highest BCUT2D eigenvalue weighted by molar-refractivity contribution is 9.10. The number of nitrogens with zero attached hydrogens (tertiary/aromatic N) is 2. The van der Waals surface area contributed by atoms with E-state index in [0.29, 0.717) is 17.1 Å². The van der Waals surface area contributed by atoms with Crippen LogP contribution < -0.4 is 9.47 Å². The zero-order valence-electron chi connectivity index (χ0n) is 15.0. The van der Waals surface area contributed by atoms with Gasteiger partial charge in [-0.05, 0) is 52.1 Å². The van der Waals surface area contributed by atoms with Gasteiger partial charge in [0.25, 0.3) is 11.8 Å². The molecule has 3 fully saturated rings. The van der Waals surface area contributed by atoms with Crippen molar-refractivity contribution in [2.75, 3.05) is 14.2 Å². The average molecular weight is 431 g/mol. The molecular formula is C20H19BrN2O4. The quantitative estimate of drug-likeness (QED) is 0.418. The summed E-state index contributed by atoms with van der Waals surface area (Å²) in [7, 11) is 3.12. The predicted octanol–water partition coefficient (Wildman–Crippen LogP) is 3.00. The molecule has 3 aliphatic carbocycles. The van der Waals surface area contributed by atoms with Crippen molar-refractivity contribution >= 4 is 34.0 Å². The van der Waals surface area contributed by atoms with Crippen molar-refractivity contribution in [3.8, 4) is 11.5 Å². The number of hydrazone groups is 1. The first-order valence-corrected chi connectivity index (χ1v) is 9.83. The topological polar surface area (TPSA) is 68.2 Å². The molecule has 27 heavy (non-hydrogen) atoms. The first kappa shape index (κ1) is 17.0. The second-order valence-corrected chi connectivity index (χ2v) is 8.54. The van der Waals surface area contributed by atoms with E-state index in [4.69, 9.17) is 9.47 Å². The molecule has 4 atom stereocenters. The summed E-state index contributed by atoms with van der Waals surface area (Å²) in [6.45, 7) is 0. The number of amides is 2. The number of halogens is 1. The molecule has 1 aromatic carbocycles. The molecule has 140 valence electrons. The Morgan fingerprint density at radius 3 is 2.19 bits per heavy atom. The fourth-order valence-corrected chi connectivity index (χ4v) is 5.80. The van der Waals surface area contributed by atoms with E-state index in [1.807, 2.05) is 0 Å². The van der Waals surface area contributed by atoms with Gasteiger partial charge in [-0.25, -0.2) is 0 Å². The molecule has 7 heteroatoms. The van der Waals surface area contributed by atoms with Gasteiger partial charge < -0.3 is 9.47 Å². The fourth-order valence-electron chi connectivity index (χ4n) is 5.28. The van der Waals surface area contributed by atoms with Crippen LogP contribution in [-0.2, 0) is 9.59 Å². The molecule has 0 radical (unpaired) electrons. The Bertz CT molecular complexity index is 887. The van der Waals surface area contributed by atoms with E-state index in [1.54, 1.807) is 26.4 Å². The summed E-state index contributed by atoms with van der Waals surface area (Å²) in [6.07, 6.45) is 8.07. The number of imide groups is 1. The van der Waals surface area contributed by atoms with Gasteiger partial charge in [0.05, 0.1) is 36.7 Å². The van der Waals surface area contributed by atoms with Gasteiger partial charge >= 0.3 is 0 Å². The van der Waals surface area contributed by atoms with Crippen molar-refractivity contribution in [1.82, 2.24) is 5.01 Å². The lowest BCUT2D eigenvalue weighted by atomic mass is 9.85. The Labute approximate surface area is 165 Å². The minimum Gasteiger partial charge on any atom is -0.496 e. The standard InChI is InChI=1S/C20H19BrN2O4/c1-26-14-8-15(27-2)13(21)7-10(14)9-22-23-18(24)16-11-3-4-12(17(16)19(23)25)20(11)5-6-20/h3-4,7-9,11-12,16-17H,5-6H2,1-2H3/b22-9-/t11-,12-,16-,17+/m1/s1. The van der Waals surface area contributed by atoms with Crippen LogP contribution in [0.4, 0.5) is 0 Å². The van der Waals surface area contributed by atoms with Crippen molar-refractivity contribution in [1.29, 1.82) is 0 Å². The highest BCUT2D eigenvalue weighted by Gasteiger charge is 2.73. The number of allylic oxidation sites excluding steroid dienone is 2. The molecule has 0 unspecified atom stereocenters. The lowest BCUT2D eigenvalue weighted by Gasteiger charge is -2.18. The molecule has 1 aromatic rings. The number of fused-ring (bicyclic) bond motifs is 3. The third-order valence-electron chi connectivity index (χ3n) is 6.65. The third-order valence-corrected chi connectivity index (χ3v) is 7.27. The average Bonchev–Trinajstić information content (AvgIpc) is 3.27. The van der Waals surface area contributed by atoms with Gasteiger partial charge in [0, 0.05) is 11.6 Å². The maximum atomic E-state index is 12.9. The maximum Gasteiger partial charge on any atom is 0.254 e.